The number of benzene rings is 1. The van der Waals surface area contributed by atoms with Crippen molar-refractivity contribution in [2.75, 3.05) is 19.1 Å². The SMILES string of the molecule is COc1ccc(N(C)C(=O)c2ccc(SCc3csc(C)n3)cc2)cn1. The zero-order chi connectivity index (χ0) is 18.5. The van der Waals surface area contributed by atoms with Crippen LogP contribution in [0.4, 0.5) is 5.69 Å². The van der Waals surface area contributed by atoms with Crippen LogP contribution in [0.3, 0.4) is 0 Å². The van der Waals surface area contributed by atoms with Gasteiger partial charge in [0.05, 0.1) is 29.7 Å². The highest BCUT2D eigenvalue weighted by molar-refractivity contribution is 7.98. The third-order valence-corrected chi connectivity index (χ3v) is 5.64. The van der Waals surface area contributed by atoms with Gasteiger partial charge in [-0.2, -0.15) is 0 Å². The van der Waals surface area contributed by atoms with Crippen molar-refractivity contribution in [2.24, 2.45) is 0 Å². The Morgan fingerprint density at radius 2 is 2.00 bits per heavy atom. The van der Waals surface area contributed by atoms with Crippen LogP contribution in [-0.4, -0.2) is 30.0 Å². The van der Waals surface area contributed by atoms with Crippen LogP contribution in [0.1, 0.15) is 21.1 Å². The molecule has 0 aliphatic carbocycles. The highest BCUT2D eigenvalue weighted by Gasteiger charge is 2.14. The molecule has 0 atom stereocenters. The molecule has 0 saturated heterocycles. The molecule has 2 aromatic heterocycles. The van der Waals surface area contributed by atoms with E-state index in [-0.39, 0.29) is 5.91 Å². The molecule has 3 aromatic rings. The summed E-state index contributed by atoms with van der Waals surface area (Å²) in [5, 5.41) is 3.16. The molecule has 0 bridgehead atoms. The highest BCUT2D eigenvalue weighted by atomic mass is 32.2. The van der Waals surface area contributed by atoms with Gasteiger partial charge in [-0.05, 0) is 37.3 Å². The number of pyridine rings is 1. The average molecular weight is 386 g/mol. The summed E-state index contributed by atoms with van der Waals surface area (Å²) in [6.45, 7) is 2.01. The van der Waals surface area contributed by atoms with Crippen molar-refractivity contribution in [3.05, 3.63) is 64.2 Å². The van der Waals surface area contributed by atoms with Crippen LogP contribution in [0.25, 0.3) is 0 Å². The Kier molecular flexibility index (Phi) is 5.90. The van der Waals surface area contributed by atoms with Gasteiger partial charge in [-0.3, -0.25) is 4.79 Å². The summed E-state index contributed by atoms with van der Waals surface area (Å²) in [5.41, 5.74) is 2.44. The van der Waals surface area contributed by atoms with Crippen LogP contribution < -0.4 is 9.64 Å². The molecule has 2 heterocycles. The van der Waals surface area contributed by atoms with Gasteiger partial charge < -0.3 is 9.64 Å². The first-order valence-electron chi connectivity index (χ1n) is 7.99. The molecule has 7 heteroatoms. The van der Waals surface area contributed by atoms with Gasteiger partial charge in [0.15, 0.2) is 0 Å². The van der Waals surface area contributed by atoms with E-state index in [4.69, 9.17) is 4.74 Å². The average Bonchev–Trinajstić information content (AvgIpc) is 3.11. The number of aryl methyl sites for hydroxylation is 1. The minimum absolute atomic E-state index is 0.0800. The number of ether oxygens (including phenoxy) is 1. The van der Waals surface area contributed by atoms with E-state index < -0.39 is 0 Å². The fourth-order valence-corrected chi connectivity index (χ4v) is 3.84. The second-order valence-corrected chi connectivity index (χ2v) is 7.70. The van der Waals surface area contributed by atoms with Crippen LogP contribution >= 0.6 is 23.1 Å². The third kappa shape index (κ3) is 4.42. The van der Waals surface area contributed by atoms with Crippen molar-refractivity contribution >= 4 is 34.7 Å². The summed E-state index contributed by atoms with van der Waals surface area (Å²) in [6, 6.07) is 11.2. The topological polar surface area (TPSA) is 55.3 Å². The van der Waals surface area contributed by atoms with Gasteiger partial charge in [0, 0.05) is 34.7 Å². The first-order valence-corrected chi connectivity index (χ1v) is 9.85. The molecule has 5 nitrogen and oxygen atoms in total. The Balaban J connectivity index is 1.63. The molecule has 0 saturated carbocycles. The van der Waals surface area contributed by atoms with Crippen LogP contribution in [0, 0.1) is 6.92 Å². The van der Waals surface area contributed by atoms with Crippen LogP contribution in [0.2, 0.25) is 0 Å². The third-order valence-electron chi connectivity index (χ3n) is 3.78. The number of aromatic nitrogens is 2. The number of hydrogen-bond donors (Lipinski definition) is 0. The maximum absolute atomic E-state index is 12.6. The van der Waals surface area contributed by atoms with E-state index in [0.717, 1.165) is 21.3 Å². The molecule has 0 aliphatic heterocycles. The second-order valence-electron chi connectivity index (χ2n) is 5.59. The van der Waals surface area contributed by atoms with Crippen molar-refractivity contribution in [1.29, 1.82) is 0 Å². The molecule has 0 fully saturated rings. The fraction of sp³-hybridized carbons (Fsp3) is 0.211. The maximum atomic E-state index is 12.6. The van der Waals surface area contributed by atoms with Gasteiger partial charge in [-0.25, -0.2) is 9.97 Å². The Labute approximate surface area is 161 Å². The number of rotatable bonds is 6. The van der Waals surface area contributed by atoms with Gasteiger partial charge in [0.2, 0.25) is 5.88 Å². The Bertz CT molecular complexity index is 877. The number of anilines is 1. The molecular formula is C19H19N3O2S2. The van der Waals surface area contributed by atoms with E-state index in [1.165, 1.54) is 0 Å². The summed E-state index contributed by atoms with van der Waals surface area (Å²) < 4.78 is 5.04. The van der Waals surface area contributed by atoms with Crippen molar-refractivity contribution in [3.63, 3.8) is 0 Å². The lowest BCUT2D eigenvalue weighted by molar-refractivity contribution is 0.0993. The van der Waals surface area contributed by atoms with E-state index in [9.17, 15) is 4.79 Å². The summed E-state index contributed by atoms with van der Waals surface area (Å²) in [4.78, 5) is 23.9. The monoisotopic (exact) mass is 385 g/mol. The Morgan fingerprint density at radius 1 is 1.23 bits per heavy atom. The summed E-state index contributed by atoms with van der Waals surface area (Å²) in [5.74, 6) is 1.27. The number of thioether (sulfide) groups is 1. The zero-order valence-electron chi connectivity index (χ0n) is 14.8. The van der Waals surface area contributed by atoms with Crippen LogP contribution in [0.15, 0.2) is 52.9 Å². The smallest absolute Gasteiger partial charge is 0.258 e. The Morgan fingerprint density at radius 3 is 2.58 bits per heavy atom. The summed E-state index contributed by atoms with van der Waals surface area (Å²) in [6.07, 6.45) is 1.62. The number of carbonyl (C=O) groups is 1. The van der Waals surface area contributed by atoms with Gasteiger partial charge in [-0.1, -0.05) is 0 Å². The highest BCUT2D eigenvalue weighted by Crippen LogP contribution is 2.24. The lowest BCUT2D eigenvalue weighted by Gasteiger charge is -2.17. The van der Waals surface area contributed by atoms with E-state index in [2.05, 4.69) is 15.3 Å². The van der Waals surface area contributed by atoms with Crippen molar-refractivity contribution in [2.45, 2.75) is 17.6 Å². The normalized spacial score (nSPS) is 10.6. The molecule has 0 spiro atoms. The lowest BCUT2D eigenvalue weighted by atomic mass is 10.2. The standard InChI is InChI=1S/C19H19N3O2S2/c1-13-21-15(11-25-13)12-26-17-7-4-14(5-8-17)19(23)22(2)16-6-9-18(24-3)20-10-16/h4-11H,12H2,1-3H3. The maximum Gasteiger partial charge on any atom is 0.258 e. The summed E-state index contributed by atoms with van der Waals surface area (Å²) in [7, 11) is 3.30. The quantitative estimate of drug-likeness (QED) is 0.588. The minimum atomic E-state index is -0.0800. The van der Waals surface area contributed by atoms with Crippen molar-refractivity contribution in [1.82, 2.24) is 9.97 Å². The molecule has 1 amide bonds. The number of hydrogen-bond acceptors (Lipinski definition) is 6. The lowest BCUT2D eigenvalue weighted by Crippen LogP contribution is -2.26. The predicted molar refractivity (Wildman–Crippen MR) is 106 cm³/mol. The Hall–Kier alpha value is -2.38. The predicted octanol–water partition coefficient (Wildman–Crippen LogP) is 4.42. The largest absolute Gasteiger partial charge is 0.481 e. The molecular weight excluding hydrogens is 366 g/mol. The molecule has 134 valence electrons. The summed E-state index contributed by atoms with van der Waals surface area (Å²) >= 11 is 3.37. The number of methoxy groups -OCH3 is 1. The fourth-order valence-electron chi connectivity index (χ4n) is 2.33. The minimum Gasteiger partial charge on any atom is -0.481 e. The van der Waals surface area contributed by atoms with Crippen LogP contribution in [-0.2, 0) is 5.75 Å². The van der Waals surface area contributed by atoms with Crippen molar-refractivity contribution in [3.8, 4) is 5.88 Å². The molecule has 0 N–H and O–H groups in total. The molecule has 3 rings (SSSR count). The van der Waals surface area contributed by atoms with Gasteiger partial charge >= 0.3 is 0 Å². The van der Waals surface area contributed by atoms with E-state index in [1.54, 1.807) is 54.4 Å². The van der Waals surface area contributed by atoms with Gasteiger partial charge in [-0.15, -0.1) is 23.1 Å². The molecule has 0 radical (unpaired) electrons. The van der Waals surface area contributed by atoms with E-state index in [0.29, 0.717) is 17.1 Å². The first-order chi connectivity index (χ1) is 12.6. The molecule has 0 unspecified atom stereocenters. The van der Waals surface area contributed by atoms with E-state index in [1.807, 2.05) is 37.3 Å². The molecule has 0 aliphatic rings. The number of amides is 1. The number of nitrogens with zero attached hydrogens (tertiary/aromatic N) is 3. The van der Waals surface area contributed by atoms with Crippen molar-refractivity contribution < 1.29 is 9.53 Å². The second kappa shape index (κ2) is 8.33. The van der Waals surface area contributed by atoms with E-state index >= 15 is 0 Å². The number of thiazole rings is 1. The van der Waals surface area contributed by atoms with Gasteiger partial charge in [0.1, 0.15) is 0 Å². The molecule has 26 heavy (non-hydrogen) atoms. The van der Waals surface area contributed by atoms with Crippen LogP contribution in [0.5, 0.6) is 5.88 Å². The number of carbonyl (C=O) groups excluding carboxylic acids is 1. The first kappa shape index (κ1) is 18.4. The zero-order valence-corrected chi connectivity index (χ0v) is 16.4. The van der Waals surface area contributed by atoms with Gasteiger partial charge in [0.25, 0.3) is 5.91 Å². The molecule has 1 aromatic carbocycles.